The zero-order chi connectivity index (χ0) is 12.8. The van der Waals surface area contributed by atoms with E-state index in [2.05, 4.69) is 10.6 Å². The monoisotopic (exact) mass is 476 g/mol. The van der Waals surface area contributed by atoms with E-state index in [-0.39, 0.29) is 72.0 Å². The Morgan fingerprint density at radius 1 is 0.737 bits per heavy atom. The third kappa shape index (κ3) is 32.4. The molecule has 112 valence electrons. The van der Waals surface area contributed by atoms with Crippen LogP contribution in [0, 0.1) is 0 Å². The normalized spacial score (nSPS) is 7.37. The minimum Gasteiger partial charge on any atom is -1.00 e. The first-order chi connectivity index (χ1) is 7.62. The van der Waals surface area contributed by atoms with Gasteiger partial charge in [-0.25, -0.2) is 0 Å². The van der Waals surface area contributed by atoms with Crippen molar-refractivity contribution in [1.29, 1.82) is 0 Å². The van der Waals surface area contributed by atoms with E-state index in [4.69, 9.17) is 0 Å². The quantitative estimate of drug-likeness (QED) is 0.421. The van der Waals surface area contributed by atoms with E-state index < -0.39 is 0 Å². The summed E-state index contributed by atoms with van der Waals surface area (Å²) in [6.07, 6.45) is 3.02. The average molecular weight is 479 g/mol. The van der Waals surface area contributed by atoms with E-state index in [9.17, 15) is 9.59 Å². The third-order valence-corrected chi connectivity index (χ3v) is 1.60. The van der Waals surface area contributed by atoms with E-state index in [1.54, 1.807) is 0 Å². The molecule has 0 unspecified atom stereocenters. The van der Waals surface area contributed by atoms with Gasteiger partial charge in [0.25, 0.3) is 0 Å². The molecule has 0 aliphatic carbocycles. The van der Waals surface area contributed by atoms with Crippen LogP contribution < -0.4 is 34.0 Å². The maximum atomic E-state index is 10.5. The summed E-state index contributed by atoms with van der Waals surface area (Å²) in [6, 6.07) is 0. The topological polar surface area (TPSA) is 62.3 Å². The Balaban J connectivity index is -0.0000000594. The van der Waals surface area contributed by atoms with Crippen LogP contribution in [0.5, 0.6) is 0 Å². The van der Waals surface area contributed by atoms with Crippen LogP contribution in [0.2, 0.25) is 0 Å². The largest absolute Gasteiger partial charge is 4.00 e. The standard InChI is InChI=1S/2C6H13NO.2BrH.Zr/c2*1-3-5-6(8)7-4-2;;;/h2*3-5H2,1-2H3,(H,7,8);2*1H;/q;;;;+4/p-4. The van der Waals surface area contributed by atoms with Crippen molar-refractivity contribution in [1.82, 2.24) is 0 Å². The molecule has 0 aliphatic rings. The smallest absolute Gasteiger partial charge is 1.00 e. The van der Waals surface area contributed by atoms with E-state index in [0.29, 0.717) is 25.9 Å². The van der Waals surface area contributed by atoms with Crippen LogP contribution in [0.1, 0.15) is 53.4 Å². The SMILES string of the molecule is CCCC(=O)[N-]CC.CCCC(=O)[N-]CC.[Br-].[Br-].[Zr+4]. The molecule has 0 atom stereocenters. The molecule has 0 aromatic heterocycles. The molecular weight excluding hydrogens is 455 g/mol. The number of amides is 2. The number of carbonyl (C=O) groups excluding carboxylic acids is 2. The first kappa shape index (κ1) is 31.9. The fraction of sp³-hybridized carbons (Fsp3) is 0.833. The molecule has 0 radical (unpaired) electrons. The molecule has 0 saturated carbocycles. The second-order valence-electron chi connectivity index (χ2n) is 3.24. The first-order valence-corrected chi connectivity index (χ1v) is 6.02. The van der Waals surface area contributed by atoms with Gasteiger partial charge in [0, 0.05) is 0 Å². The van der Waals surface area contributed by atoms with Crippen LogP contribution in [-0.4, -0.2) is 24.9 Å². The Bertz CT molecular complexity index is 161. The summed E-state index contributed by atoms with van der Waals surface area (Å²) in [5.41, 5.74) is 0. The molecule has 0 N–H and O–H groups in total. The Morgan fingerprint density at radius 3 is 1.16 bits per heavy atom. The molecular formula is C12H24Br2N2O2Zr. The van der Waals surface area contributed by atoms with Crippen LogP contribution in [0.3, 0.4) is 0 Å². The number of nitrogens with zero attached hydrogens (tertiary/aromatic N) is 2. The predicted molar refractivity (Wildman–Crippen MR) is 67.6 cm³/mol. The molecule has 19 heavy (non-hydrogen) atoms. The zero-order valence-corrected chi connectivity index (χ0v) is 17.8. The van der Waals surface area contributed by atoms with Gasteiger partial charge in [0.2, 0.25) is 0 Å². The molecule has 2 amide bonds. The molecule has 0 bridgehead atoms. The van der Waals surface area contributed by atoms with Gasteiger partial charge in [0.1, 0.15) is 0 Å². The number of carbonyl (C=O) groups is 2. The Labute approximate surface area is 157 Å². The van der Waals surface area contributed by atoms with Crippen molar-refractivity contribution < 1.29 is 69.8 Å². The van der Waals surface area contributed by atoms with Gasteiger partial charge in [-0.2, -0.15) is 0 Å². The van der Waals surface area contributed by atoms with Crippen LogP contribution in [0.15, 0.2) is 0 Å². The molecule has 7 heteroatoms. The second kappa shape index (κ2) is 27.2. The number of rotatable bonds is 6. The summed E-state index contributed by atoms with van der Waals surface area (Å²) in [6.45, 7) is 8.94. The Morgan fingerprint density at radius 2 is 1.00 bits per heavy atom. The molecule has 0 heterocycles. The van der Waals surface area contributed by atoms with Crippen molar-refractivity contribution in [3.63, 3.8) is 0 Å². The van der Waals surface area contributed by atoms with Gasteiger partial charge in [-0.15, -0.1) is 13.1 Å². The van der Waals surface area contributed by atoms with Crippen molar-refractivity contribution in [2.75, 3.05) is 13.1 Å². The van der Waals surface area contributed by atoms with Crippen molar-refractivity contribution in [3.8, 4) is 0 Å². The van der Waals surface area contributed by atoms with Crippen LogP contribution in [0.4, 0.5) is 0 Å². The summed E-state index contributed by atoms with van der Waals surface area (Å²) in [5, 5.41) is 7.35. The van der Waals surface area contributed by atoms with Gasteiger partial charge in [0.05, 0.1) is 11.8 Å². The number of hydrogen-bond acceptors (Lipinski definition) is 2. The van der Waals surface area contributed by atoms with Gasteiger partial charge in [-0.1, -0.05) is 40.5 Å². The molecule has 0 fully saturated rings. The molecule has 0 aromatic rings. The Kier molecular flexibility index (Phi) is 45.7. The van der Waals surface area contributed by atoms with E-state index >= 15 is 0 Å². The molecule has 0 aromatic carbocycles. The van der Waals surface area contributed by atoms with Crippen molar-refractivity contribution in [2.45, 2.75) is 53.4 Å². The van der Waals surface area contributed by atoms with Gasteiger partial charge in [-0.3, -0.25) is 0 Å². The molecule has 4 nitrogen and oxygen atoms in total. The van der Waals surface area contributed by atoms with Crippen LogP contribution >= 0.6 is 0 Å². The van der Waals surface area contributed by atoms with Gasteiger partial charge in [0.15, 0.2) is 0 Å². The summed E-state index contributed by atoms with van der Waals surface area (Å²) in [4.78, 5) is 21.0. The first-order valence-electron chi connectivity index (χ1n) is 6.02. The van der Waals surface area contributed by atoms with Gasteiger partial charge >= 0.3 is 26.2 Å². The summed E-state index contributed by atoms with van der Waals surface area (Å²) in [7, 11) is 0. The van der Waals surface area contributed by atoms with Crippen LogP contribution in [-0.2, 0) is 35.8 Å². The van der Waals surface area contributed by atoms with Gasteiger partial charge < -0.3 is 54.2 Å². The zero-order valence-electron chi connectivity index (χ0n) is 12.2. The maximum absolute atomic E-state index is 10.5. The molecule has 0 aliphatic heterocycles. The second-order valence-corrected chi connectivity index (χ2v) is 3.24. The van der Waals surface area contributed by atoms with Crippen molar-refractivity contribution in [2.24, 2.45) is 0 Å². The van der Waals surface area contributed by atoms with Gasteiger partial charge in [-0.05, 0) is 12.8 Å². The summed E-state index contributed by atoms with van der Waals surface area (Å²) < 4.78 is 0. The predicted octanol–water partition coefficient (Wildman–Crippen LogP) is -2.58. The molecule has 0 rings (SSSR count). The fourth-order valence-corrected chi connectivity index (χ4v) is 0.939. The van der Waals surface area contributed by atoms with E-state index in [1.165, 1.54) is 0 Å². The van der Waals surface area contributed by atoms with Crippen molar-refractivity contribution >= 4 is 11.8 Å². The summed E-state index contributed by atoms with van der Waals surface area (Å²) in [5.74, 6) is 0.0741. The van der Waals surface area contributed by atoms with E-state index in [1.807, 2.05) is 27.7 Å². The van der Waals surface area contributed by atoms with Crippen molar-refractivity contribution in [3.05, 3.63) is 10.6 Å². The molecule has 0 spiro atoms. The van der Waals surface area contributed by atoms with E-state index in [0.717, 1.165) is 12.8 Å². The number of hydrogen-bond donors (Lipinski definition) is 0. The maximum Gasteiger partial charge on any atom is 4.00 e. The molecule has 0 saturated heterocycles. The Hall–Kier alpha value is 0.783. The summed E-state index contributed by atoms with van der Waals surface area (Å²) >= 11 is 0. The number of halogens is 2. The average Bonchev–Trinajstić information content (AvgIpc) is 2.20. The van der Waals surface area contributed by atoms with Crippen LogP contribution in [0.25, 0.3) is 10.6 Å². The fourth-order valence-electron chi connectivity index (χ4n) is 0.939. The minimum atomic E-state index is 0. The minimum absolute atomic E-state index is 0. The third-order valence-electron chi connectivity index (χ3n) is 1.60.